The van der Waals surface area contributed by atoms with Crippen LogP contribution in [-0.2, 0) is 0 Å². The Hall–Kier alpha value is -1.29. The summed E-state index contributed by atoms with van der Waals surface area (Å²) < 4.78 is 2.29. The van der Waals surface area contributed by atoms with Crippen molar-refractivity contribution < 1.29 is 0 Å². The van der Waals surface area contributed by atoms with Crippen LogP contribution in [-0.4, -0.2) is 20.0 Å². The topological polar surface area (TPSA) is 30.7 Å². The first-order valence-electron chi connectivity index (χ1n) is 7.59. The summed E-state index contributed by atoms with van der Waals surface area (Å²) in [5.74, 6) is 1.79. The van der Waals surface area contributed by atoms with Crippen LogP contribution in [0.3, 0.4) is 0 Å². The van der Waals surface area contributed by atoms with E-state index in [0.717, 1.165) is 16.2 Å². The predicted molar refractivity (Wildman–Crippen MR) is 81.4 cm³/mol. The number of benzene rings is 1. The Bertz CT molecular complexity index is 583. The van der Waals surface area contributed by atoms with Crippen LogP contribution in [0.15, 0.2) is 35.5 Å². The van der Waals surface area contributed by atoms with Crippen LogP contribution >= 0.6 is 11.8 Å². The molecule has 1 heterocycles. The van der Waals surface area contributed by atoms with E-state index >= 15 is 0 Å². The summed E-state index contributed by atoms with van der Waals surface area (Å²) >= 11 is 1.93. The number of para-hydroxylation sites is 1. The highest BCUT2D eigenvalue weighted by molar-refractivity contribution is 7.99. The van der Waals surface area contributed by atoms with E-state index in [1.165, 1.54) is 44.2 Å². The molecule has 0 saturated heterocycles. The van der Waals surface area contributed by atoms with Crippen LogP contribution in [0.25, 0.3) is 5.69 Å². The molecule has 20 heavy (non-hydrogen) atoms. The van der Waals surface area contributed by atoms with Crippen molar-refractivity contribution in [2.75, 3.05) is 0 Å². The normalized spacial score (nSPS) is 19.6. The average Bonchev–Trinajstić information content (AvgIpc) is 3.05. The minimum atomic E-state index is 0.626. The zero-order valence-corrected chi connectivity index (χ0v) is 12.4. The largest absolute Gasteiger partial charge is 0.274 e. The van der Waals surface area contributed by atoms with E-state index in [-0.39, 0.29) is 0 Å². The van der Waals surface area contributed by atoms with E-state index in [1.807, 2.05) is 11.8 Å². The second kappa shape index (κ2) is 5.24. The molecule has 0 aliphatic heterocycles. The molecule has 104 valence electrons. The molecule has 0 bridgehead atoms. The maximum atomic E-state index is 4.49. The Morgan fingerprint density at radius 3 is 2.40 bits per heavy atom. The monoisotopic (exact) mass is 285 g/mol. The van der Waals surface area contributed by atoms with Gasteiger partial charge in [0, 0.05) is 16.9 Å². The fourth-order valence-corrected chi connectivity index (χ4v) is 4.20. The summed E-state index contributed by atoms with van der Waals surface area (Å²) in [7, 11) is 0. The highest BCUT2D eigenvalue weighted by Crippen LogP contribution is 2.42. The molecule has 0 unspecified atom stereocenters. The van der Waals surface area contributed by atoms with Crippen molar-refractivity contribution in [3.05, 3.63) is 36.2 Å². The van der Waals surface area contributed by atoms with Crippen molar-refractivity contribution in [1.82, 2.24) is 14.8 Å². The van der Waals surface area contributed by atoms with E-state index < -0.39 is 0 Å². The second-order valence-corrected chi connectivity index (χ2v) is 7.08. The Kier molecular flexibility index (Phi) is 3.26. The molecule has 4 heteroatoms. The summed E-state index contributed by atoms with van der Waals surface area (Å²) in [6.07, 6.45) is 7.91. The summed E-state index contributed by atoms with van der Waals surface area (Å²) in [5, 5.41) is 10.8. The highest BCUT2D eigenvalue weighted by atomic mass is 32.2. The van der Waals surface area contributed by atoms with Crippen molar-refractivity contribution in [1.29, 1.82) is 0 Å². The maximum absolute atomic E-state index is 4.49. The minimum Gasteiger partial charge on any atom is -0.274 e. The number of rotatable bonds is 4. The van der Waals surface area contributed by atoms with Crippen LogP contribution in [0.4, 0.5) is 0 Å². The van der Waals surface area contributed by atoms with Crippen molar-refractivity contribution in [3.8, 4) is 5.69 Å². The third-order valence-electron chi connectivity index (χ3n) is 4.19. The molecule has 1 aromatic carbocycles. The first kappa shape index (κ1) is 12.5. The van der Waals surface area contributed by atoms with Gasteiger partial charge >= 0.3 is 0 Å². The van der Waals surface area contributed by atoms with Gasteiger partial charge in [0.15, 0.2) is 5.16 Å². The summed E-state index contributed by atoms with van der Waals surface area (Å²) in [6.45, 7) is 0. The Balaban J connectivity index is 1.71. The first-order chi connectivity index (χ1) is 9.92. The Morgan fingerprint density at radius 1 is 0.950 bits per heavy atom. The lowest BCUT2D eigenvalue weighted by Gasteiger charge is -2.12. The van der Waals surface area contributed by atoms with Gasteiger partial charge in [-0.1, -0.05) is 42.8 Å². The molecule has 0 spiro atoms. The van der Waals surface area contributed by atoms with Gasteiger partial charge in [-0.05, 0) is 37.8 Å². The molecule has 2 saturated carbocycles. The number of aromatic nitrogens is 3. The molecule has 1 aromatic heterocycles. The summed E-state index contributed by atoms with van der Waals surface area (Å²) in [6, 6.07) is 10.6. The highest BCUT2D eigenvalue weighted by Gasteiger charge is 2.31. The van der Waals surface area contributed by atoms with Crippen molar-refractivity contribution in [2.24, 2.45) is 0 Å². The molecule has 4 rings (SSSR count). The molecule has 2 aliphatic carbocycles. The average molecular weight is 285 g/mol. The van der Waals surface area contributed by atoms with Crippen LogP contribution in [0.2, 0.25) is 0 Å². The van der Waals surface area contributed by atoms with Crippen LogP contribution in [0.5, 0.6) is 0 Å². The van der Waals surface area contributed by atoms with Gasteiger partial charge in [-0.3, -0.25) is 4.57 Å². The van der Waals surface area contributed by atoms with Crippen molar-refractivity contribution in [2.45, 2.75) is 54.8 Å². The van der Waals surface area contributed by atoms with Gasteiger partial charge in [0.25, 0.3) is 0 Å². The zero-order valence-electron chi connectivity index (χ0n) is 11.5. The molecule has 0 atom stereocenters. The lowest BCUT2D eigenvalue weighted by Crippen LogP contribution is -2.04. The van der Waals surface area contributed by atoms with Gasteiger partial charge in [-0.2, -0.15) is 0 Å². The minimum absolute atomic E-state index is 0.626. The zero-order chi connectivity index (χ0) is 13.4. The van der Waals surface area contributed by atoms with Crippen LogP contribution in [0, 0.1) is 0 Å². The molecular weight excluding hydrogens is 266 g/mol. The van der Waals surface area contributed by atoms with E-state index in [9.17, 15) is 0 Å². The molecule has 0 amide bonds. The molecule has 0 N–H and O–H groups in total. The molecule has 0 radical (unpaired) electrons. The third-order valence-corrected chi connectivity index (χ3v) is 5.47. The number of thioether (sulfide) groups is 1. The summed E-state index contributed by atoms with van der Waals surface area (Å²) in [5.41, 5.74) is 1.21. The molecule has 2 fully saturated rings. The number of nitrogens with zero attached hydrogens (tertiary/aromatic N) is 3. The predicted octanol–water partition coefficient (Wildman–Crippen LogP) is 4.18. The molecule has 3 nitrogen and oxygen atoms in total. The van der Waals surface area contributed by atoms with E-state index in [2.05, 4.69) is 45.1 Å². The Labute approximate surface area is 123 Å². The van der Waals surface area contributed by atoms with E-state index in [1.54, 1.807) is 0 Å². The lowest BCUT2D eigenvalue weighted by molar-refractivity contribution is 0.818. The molecular formula is C16H19N3S. The third kappa shape index (κ3) is 2.37. The molecule has 2 aromatic rings. The van der Waals surface area contributed by atoms with Gasteiger partial charge < -0.3 is 0 Å². The number of hydrogen-bond acceptors (Lipinski definition) is 3. The van der Waals surface area contributed by atoms with E-state index in [0.29, 0.717) is 5.92 Å². The van der Waals surface area contributed by atoms with Crippen LogP contribution < -0.4 is 0 Å². The fraction of sp³-hybridized carbons (Fsp3) is 0.500. The van der Waals surface area contributed by atoms with Gasteiger partial charge in [0.1, 0.15) is 5.82 Å². The number of hydrogen-bond donors (Lipinski definition) is 0. The Morgan fingerprint density at radius 2 is 1.70 bits per heavy atom. The van der Waals surface area contributed by atoms with Gasteiger partial charge in [0.05, 0.1) is 0 Å². The van der Waals surface area contributed by atoms with Crippen molar-refractivity contribution >= 4 is 11.8 Å². The second-order valence-electron chi connectivity index (χ2n) is 5.81. The quantitative estimate of drug-likeness (QED) is 0.844. The first-order valence-corrected chi connectivity index (χ1v) is 8.47. The maximum Gasteiger partial charge on any atom is 0.196 e. The smallest absolute Gasteiger partial charge is 0.196 e. The van der Waals surface area contributed by atoms with Gasteiger partial charge in [-0.15, -0.1) is 10.2 Å². The van der Waals surface area contributed by atoms with Crippen LogP contribution in [0.1, 0.15) is 50.3 Å². The fourth-order valence-electron chi connectivity index (χ4n) is 2.94. The van der Waals surface area contributed by atoms with E-state index in [4.69, 9.17) is 0 Å². The van der Waals surface area contributed by atoms with Gasteiger partial charge in [-0.25, -0.2) is 0 Å². The SMILES string of the molecule is c1ccc(-n2c(SC3CCCC3)nnc2C2CC2)cc1. The standard InChI is InChI=1S/C16H19N3S/c1-2-6-13(7-3-1)19-15(12-10-11-12)17-18-16(19)20-14-8-4-5-9-14/h1-3,6-7,12,14H,4-5,8-11H2. The van der Waals surface area contributed by atoms with Gasteiger partial charge in [0.2, 0.25) is 0 Å². The van der Waals surface area contributed by atoms with Crippen molar-refractivity contribution in [3.63, 3.8) is 0 Å². The molecule has 2 aliphatic rings. The lowest BCUT2D eigenvalue weighted by atomic mass is 10.3. The summed E-state index contributed by atoms with van der Waals surface area (Å²) in [4.78, 5) is 0.